The van der Waals surface area contributed by atoms with Gasteiger partial charge in [-0.05, 0) is 38.1 Å². The number of nitrogens with zero attached hydrogens (tertiary/aromatic N) is 3. The zero-order valence-electron chi connectivity index (χ0n) is 15.3. The summed E-state index contributed by atoms with van der Waals surface area (Å²) in [6.07, 6.45) is 0. The molecule has 1 aliphatic heterocycles. The fourth-order valence-electron chi connectivity index (χ4n) is 2.66. The quantitative estimate of drug-likeness (QED) is 0.795. The van der Waals surface area contributed by atoms with Gasteiger partial charge in [0.05, 0.1) is 6.54 Å². The average Bonchev–Trinajstić information content (AvgIpc) is 2.56. The van der Waals surface area contributed by atoms with Crippen LogP contribution in [0.5, 0.6) is 5.75 Å². The highest BCUT2D eigenvalue weighted by Gasteiger charge is 2.35. The molecule has 0 saturated carbocycles. The van der Waals surface area contributed by atoms with E-state index in [1.807, 2.05) is 0 Å². The molecule has 6 nitrogen and oxygen atoms in total. The van der Waals surface area contributed by atoms with Crippen molar-refractivity contribution in [1.82, 2.24) is 14.7 Å². The lowest BCUT2D eigenvalue weighted by atomic mass is 10.1. The van der Waals surface area contributed by atoms with Crippen molar-refractivity contribution in [3.63, 3.8) is 0 Å². The van der Waals surface area contributed by atoms with Crippen molar-refractivity contribution in [3.8, 4) is 5.75 Å². The predicted octanol–water partition coefficient (Wildman–Crippen LogP) is 1.73. The number of benzene rings is 1. The van der Waals surface area contributed by atoms with Crippen molar-refractivity contribution >= 4 is 23.4 Å². The Labute approximate surface area is 154 Å². The molecule has 0 N–H and O–H groups in total. The van der Waals surface area contributed by atoms with Crippen molar-refractivity contribution in [1.29, 1.82) is 0 Å². The molecule has 0 unspecified atom stereocenters. The highest BCUT2D eigenvalue weighted by Crippen LogP contribution is 2.22. The zero-order chi connectivity index (χ0) is 18.6. The number of carbonyl (C=O) groups is 2. The second kappa shape index (κ2) is 8.06. The van der Waals surface area contributed by atoms with Crippen LogP contribution in [0.4, 0.5) is 0 Å². The maximum absolute atomic E-state index is 12.8. The van der Waals surface area contributed by atoms with Gasteiger partial charge >= 0.3 is 0 Å². The SMILES string of the molecule is CN(C)C(=O)CN1CCN(C(=O)C(C)(C)Oc2ccc(Cl)cc2)CC1. The third kappa shape index (κ3) is 5.34. The monoisotopic (exact) mass is 367 g/mol. The molecule has 1 fully saturated rings. The molecule has 0 radical (unpaired) electrons. The Balaban J connectivity index is 1.90. The molecule has 1 heterocycles. The van der Waals surface area contributed by atoms with E-state index in [0.717, 1.165) is 0 Å². The van der Waals surface area contributed by atoms with Gasteiger partial charge in [0.15, 0.2) is 5.60 Å². The van der Waals surface area contributed by atoms with Crippen LogP contribution in [-0.4, -0.2) is 78.9 Å². The summed E-state index contributed by atoms with van der Waals surface area (Å²) in [5, 5.41) is 0.625. The maximum atomic E-state index is 12.8. The fourth-order valence-corrected chi connectivity index (χ4v) is 2.79. The molecule has 0 spiro atoms. The minimum Gasteiger partial charge on any atom is -0.478 e. The first kappa shape index (κ1) is 19.5. The van der Waals surface area contributed by atoms with Crippen molar-refractivity contribution < 1.29 is 14.3 Å². The van der Waals surface area contributed by atoms with E-state index < -0.39 is 5.60 Å². The standard InChI is InChI=1S/C18H26ClN3O3/c1-18(2,25-15-7-5-14(19)6-8-15)17(24)22-11-9-21(10-12-22)13-16(23)20(3)4/h5-8H,9-13H2,1-4H3. The Morgan fingerprint density at radius 1 is 1.12 bits per heavy atom. The van der Waals surface area contributed by atoms with Crippen LogP contribution in [0.1, 0.15) is 13.8 Å². The van der Waals surface area contributed by atoms with Gasteiger partial charge in [-0.2, -0.15) is 0 Å². The first-order valence-corrected chi connectivity index (χ1v) is 8.73. The average molecular weight is 368 g/mol. The van der Waals surface area contributed by atoms with E-state index in [-0.39, 0.29) is 11.8 Å². The highest BCUT2D eigenvalue weighted by atomic mass is 35.5. The summed E-state index contributed by atoms with van der Waals surface area (Å²) in [7, 11) is 3.50. The lowest BCUT2D eigenvalue weighted by molar-refractivity contribution is -0.147. The van der Waals surface area contributed by atoms with E-state index in [0.29, 0.717) is 43.5 Å². The molecule has 2 amide bonds. The lowest BCUT2D eigenvalue weighted by Crippen LogP contribution is -2.56. The summed E-state index contributed by atoms with van der Waals surface area (Å²) in [6, 6.07) is 6.97. The smallest absolute Gasteiger partial charge is 0.266 e. The maximum Gasteiger partial charge on any atom is 0.266 e. The van der Waals surface area contributed by atoms with Gasteiger partial charge in [0, 0.05) is 45.3 Å². The van der Waals surface area contributed by atoms with Crippen LogP contribution in [0.15, 0.2) is 24.3 Å². The second-order valence-electron chi connectivity index (χ2n) is 6.92. The lowest BCUT2D eigenvalue weighted by Gasteiger charge is -2.38. The Hall–Kier alpha value is -1.79. The van der Waals surface area contributed by atoms with Gasteiger partial charge in [-0.25, -0.2) is 0 Å². The molecule has 1 aromatic rings. The molecule has 25 heavy (non-hydrogen) atoms. The number of halogens is 1. The summed E-state index contributed by atoms with van der Waals surface area (Å²) in [5.41, 5.74) is -0.963. The molecule has 1 aliphatic rings. The van der Waals surface area contributed by atoms with Crippen molar-refractivity contribution in [2.24, 2.45) is 0 Å². The number of hydrogen-bond acceptors (Lipinski definition) is 4. The Bertz CT molecular complexity index is 608. The van der Waals surface area contributed by atoms with Crippen LogP contribution in [0.25, 0.3) is 0 Å². The Kier molecular flexibility index (Phi) is 6.30. The Morgan fingerprint density at radius 3 is 2.20 bits per heavy atom. The van der Waals surface area contributed by atoms with Gasteiger partial charge in [0.1, 0.15) is 5.75 Å². The van der Waals surface area contributed by atoms with E-state index in [9.17, 15) is 9.59 Å². The molecule has 0 aliphatic carbocycles. The van der Waals surface area contributed by atoms with E-state index in [1.54, 1.807) is 62.0 Å². The number of likely N-dealkylation sites (N-methyl/N-ethyl adjacent to an activating group) is 1. The van der Waals surface area contributed by atoms with Crippen LogP contribution >= 0.6 is 11.6 Å². The van der Waals surface area contributed by atoms with E-state index in [1.165, 1.54) is 0 Å². The van der Waals surface area contributed by atoms with E-state index in [2.05, 4.69) is 4.90 Å². The van der Waals surface area contributed by atoms with Gasteiger partial charge in [-0.15, -0.1) is 0 Å². The van der Waals surface area contributed by atoms with Crippen LogP contribution in [-0.2, 0) is 9.59 Å². The number of ether oxygens (including phenoxy) is 1. The van der Waals surface area contributed by atoms with Crippen molar-refractivity contribution in [3.05, 3.63) is 29.3 Å². The molecule has 0 atom stereocenters. The number of rotatable bonds is 5. The summed E-state index contributed by atoms with van der Waals surface area (Å²) >= 11 is 5.87. The van der Waals surface area contributed by atoms with Crippen molar-refractivity contribution in [2.45, 2.75) is 19.4 Å². The molecule has 7 heteroatoms. The number of piperazine rings is 1. The number of amides is 2. The van der Waals surface area contributed by atoms with Crippen molar-refractivity contribution in [2.75, 3.05) is 46.8 Å². The first-order valence-electron chi connectivity index (χ1n) is 8.35. The van der Waals surface area contributed by atoms with Crippen LogP contribution in [0, 0.1) is 0 Å². The molecule has 138 valence electrons. The van der Waals surface area contributed by atoms with Gasteiger partial charge in [-0.3, -0.25) is 14.5 Å². The number of carbonyl (C=O) groups excluding carboxylic acids is 2. The first-order chi connectivity index (χ1) is 11.7. The minimum atomic E-state index is -0.963. The molecular weight excluding hydrogens is 342 g/mol. The topological polar surface area (TPSA) is 53.1 Å². The summed E-state index contributed by atoms with van der Waals surface area (Å²) in [6.45, 7) is 6.47. The fraction of sp³-hybridized carbons (Fsp3) is 0.556. The zero-order valence-corrected chi connectivity index (χ0v) is 16.0. The third-order valence-electron chi connectivity index (χ3n) is 4.22. The Morgan fingerprint density at radius 2 is 1.68 bits per heavy atom. The summed E-state index contributed by atoms with van der Waals surface area (Å²) in [5.74, 6) is 0.630. The number of hydrogen-bond donors (Lipinski definition) is 0. The molecular formula is C18H26ClN3O3. The molecule has 2 rings (SSSR count). The van der Waals surface area contributed by atoms with E-state index >= 15 is 0 Å². The van der Waals surface area contributed by atoms with Crippen LogP contribution in [0.3, 0.4) is 0 Å². The molecule has 1 aromatic carbocycles. The molecule has 0 aromatic heterocycles. The van der Waals surface area contributed by atoms with Gasteiger partial charge in [-0.1, -0.05) is 11.6 Å². The largest absolute Gasteiger partial charge is 0.478 e. The highest BCUT2D eigenvalue weighted by molar-refractivity contribution is 6.30. The minimum absolute atomic E-state index is 0.0546. The summed E-state index contributed by atoms with van der Waals surface area (Å²) < 4.78 is 5.87. The second-order valence-corrected chi connectivity index (χ2v) is 7.36. The molecule has 1 saturated heterocycles. The van der Waals surface area contributed by atoms with Gasteiger partial charge in [0.2, 0.25) is 5.91 Å². The van der Waals surface area contributed by atoms with Crippen LogP contribution < -0.4 is 4.74 Å². The normalized spacial score (nSPS) is 15.8. The van der Waals surface area contributed by atoms with Gasteiger partial charge < -0.3 is 14.5 Å². The predicted molar refractivity (Wildman–Crippen MR) is 97.9 cm³/mol. The van der Waals surface area contributed by atoms with Gasteiger partial charge in [0.25, 0.3) is 5.91 Å². The van der Waals surface area contributed by atoms with Crippen LogP contribution in [0.2, 0.25) is 5.02 Å². The van der Waals surface area contributed by atoms with E-state index in [4.69, 9.17) is 16.3 Å². The summed E-state index contributed by atoms with van der Waals surface area (Å²) in [4.78, 5) is 30.0. The molecule has 0 bridgehead atoms. The third-order valence-corrected chi connectivity index (χ3v) is 4.47.